The fraction of sp³-hybridized carbons (Fsp3) is 0.333. The highest BCUT2D eigenvalue weighted by Gasteiger charge is 2.33. The average molecular weight is 296 g/mol. The molecule has 0 saturated carbocycles. The monoisotopic (exact) mass is 296 g/mol. The number of rotatable bonds is 5. The van der Waals surface area contributed by atoms with E-state index in [0.717, 1.165) is 35.4 Å². The first-order valence-electron chi connectivity index (χ1n) is 6.63. The SMILES string of the molecule is CCCc1ccc(C(=O)Cn2ccc(C(F)(F)F)n2)cc1. The van der Waals surface area contributed by atoms with Crippen LogP contribution in [-0.4, -0.2) is 15.6 Å². The maximum atomic E-state index is 12.4. The second kappa shape index (κ2) is 6.11. The highest BCUT2D eigenvalue weighted by molar-refractivity contribution is 5.95. The Bertz CT molecular complexity index is 615. The molecule has 0 atom stereocenters. The van der Waals surface area contributed by atoms with Crippen molar-refractivity contribution in [2.24, 2.45) is 0 Å². The van der Waals surface area contributed by atoms with Crippen LogP contribution in [0.15, 0.2) is 36.5 Å². The molecule has 112 valence electrons. The highest BCUT2D eigenvalue weighted by Crippen LogP contribution is 2.27. The van der Waals surface area contributed by atoms with Crippen molar-refractivity contribution >= 4 is 5.78 Å². The average Bonchev–Trinajstić information content (AvgIpc) is 2.88. The number of carbonyl (C=O) groups excluding carboxylic acids is 1. The van der Waals surface area contributed by atoms with Crippen molar-refractivity contribution in [3.8, 4) is 0 Å². The molecule has 3 nitrogen and oxygen atoms in total. The Morgan fingerprint density at radius 3 is 2.38 bits per heavy atom. The summed E-state index contributed by atoms with van der Waals surface area (Å²) in [5.74, 6) is -0.269. The van der Waals surface area contributed by atoms with Crippen LogP contribution in [-0.2, 0) is 19.1 Å². The first kappa shape index (κ1) is 15.3. The molecule has 6 heteroatoms. The summed E-state index contributed by atoms with van der Waals surface area (Å²) < 4.78 is 38.3. The molecule has 0 amide bonds. The molecule has 0 aliphatic rings. The maximum absolute atomic E-state index is 12.4. The topological polar surface area (TPSA) is 34.9 Å². The number of nitrogens with zero attached hydrogens (tertiary/aromatic N) is 2. The number of aryl methyl sites for hydroxylation is 1. The molecule has 0 aliphatic heterocycles. The van der Waals surface area contributed by atoms with Gasteiger partial charge in [-0.15, -0.1) is 0 Å². The van der Waals surface area contributed by atoms with Crippen LogP contribution >= 0.6 is 0 Å². The van der Waals surface area contributed by atoms with Gasteiger partial charge in [0.25, 0.3) is 0 Å². The molecular formula is C15H15F3N2O. The van der Waals surface area contributed by atoms with Gasteiger partial charge in [0.2, 0.25) is 0 Å². The Morgan fingerprint density at radius 1 is 1.19 bits per heavy atom. The van der Waals surface area contributed by atoms with Gasteiger partial charge in [-0.05, 0) is 18.1 Å². The smallest absolute Gasteiger partial charge is 0.292 e. The zero-order valence-corrected chi connectivity index (χ0v) is 11.5. The number of benzene rings is 1. The van der Waals surface area contributed by atoms with Crippen molar-refractivity contribution in [2.75, 3.05) is 0 Å². The van der Waals surface area contributed by atoms with E-state index in [2.05, 4.69) is 12.0 Å². The maximum Gasteiger partial charge on any atom is 0.435 e. The van der Waals surface area contributed by atoms with Gasteiger partial charge < -0.3 is 0 Å². The van der Waals surface area contributed by atoms with Crippen molar-refractivity contribution in [1.82, 2.24) is 9.78 Å². The van der Waals surface area contributed by atoms with Crippen LogP contribution in [0.4, 0.5) is 13.2 Å². The number of halogens is 3. The van der Waals surface area contributed by atoms with Crippen molar-refractivity contribution in [3.05, 3.63) is 53.3 Å². The summed E-state index contributed by atoms with van der Waals surface area (Å²) in [6.07, 6.45) is -1.38. The standard InChI is InChI=1S/C15H15F3N2O/c1-2-3-11-4-6-12(7-5-11)13(21)10-20-9-8-14(19-20)15(16,17)18/h4-9H,2-3,10H2,1H3. The molecule has 0 radical (unpaired) electrons. The van der Waals surface area contributed by atoms with Crippen molar-refractivity contribution in [1.29, 1.82) is 0 Å². The fourth-order valence-corrected chi connectivity index (χ4v) is 1.99. The van der Waals surface area contributed by atoms with Crippen LogP contribution in [0, 0.1) is 0 Å². The minimum Gasteiger partial charge on any atom is -0.292 e. The molecule has 0 N–H and O–H groups in total. The molecule has 2 aromatic rings. The lowest BCUT2D eigenvalue weighted by Gasteiger charge is -2.04. The van der Waals surface area contributed by atoms with E-state index in [1.165, 1.54) is 0 Å². The van der Waals surface area contributed by atoms with Gasteiger partial charge in [0, 0.05) is 11.8 Å². The molecule has 1 aromatic carbocycles. The lowest BCUT2D eigenvalue weighted by Crippen LogP contribution is -2.13. The van der Waals surface area contributed by atoms with Crippen molar-refractivity contribution in [2.45, 2.75) is 32.5 Å². The third-order valence-electron chi connectivity index (χ3n) is 3.05. The predicted molar refractivity (Wildman–Crippen MR) is 72.0 cm³/mol. The Hall–Kier alpha value is -2.11. The molecule has 2 rings (SSSR count). The summed E-state index contributed by atoms with van der Waals surface area (Å²) in [4.78, 5) is 12.0. The summed E-state index contributed by atoms with van der Waals surface area (Å²) in [6.45, 7) is 1.86. The van der Waals surface area contributed by atoms with Gasteiger partial charge in [-0.1, -0.05) is 37.6 Å². The van der Waals surface area contributed by atoms with E-state index in [9.17, 15) is 18.0 Å². The van der Waals surface area contributed by atoms with Gasteiger partial charge in [0.15, 0.2) is 11.5 Å². The van der Waals surface area contributed by atoms with Crippen LogP contribution in [0.25, 0.3) is 0 Å². The molecule has 0 fully saturated rings. The van der Waals surface area contributed by atoms with E-state index >= 15 is 0 Å². The van der Waals surface area contributed by atoms with Crippen LogP contribution in [0.3, 0.4) is 0 Å². The van der Waals surface area contributed by atoms with Gasteiger partial charge in [-0.25, -0.2) is 0 Å². The summed E-state index contributed by atoms with van der Waals surface area (Å²) in [7, 11) is 0. The number of ketones is 1. The summed E-state index contributed by atoms with van der Waals surface area (Å²) in [6, 6.07) is 7.97. The first-order valence-corrected chi connectivity index (χ1v) is 6.63. The van der Waals surface area contributed by atoms with E-state index < -0.39 is 11.9 Å². The number of alkyl halides is 3. The zero-order chi connectivity index (χ0) is 15.5. The van der Waals surface area contributed by atoms with Crippen molar-refractivity contribution < 1.29 is 18.0 Å². The van der Waals surface area contributed by atoms with E-state index in [4.69, 9.17) is 0 Å². The third-order valence-corrected chi connectivity index (χ3v) is 3.05. The lowest BCUT2D eigenvalue weighted by atomic mass is 10.1. The number of aromatic nitrogens is 2. The quantitative estimate of drug-likeness (QED) is 0.788. The summed E-state index contributed by atoms with van der Waals surface area (Å²) >= 11 is 0. The second-order valence-corrected chi connectivity index (χ2v) is 4.77. The molecule has 1 heterocycles. The van der Waals surface area contributed by atoms with Crippen molar-refractivity contribution in [3.63, 3.8) is 0 Å². The Labute approximate surface area is 120 Å². The largest absolute Gasteiger partial charge is 0.435 e. The minimum absolute atomic E-state index is 0.205. The van der Waals surface area contributed by atoms with Crippen LogP contribution in [0.2, 0.25) is 0 Å². The molecule has 0 unspecified atom stereocenters. The molecule has 1 aromatic heterocycles. The van der Waals surface area contributed by atoms with Gasteiger partial charge in [-0.2, -0.15) is 18.3 Å². The Morgan fingerprint density at radius 2 is 1.86 bits per heavy atom. The van der Waals surface area contributed by atoms with Crippen LogP contribution in [0.5, 0.6) is 0 Å². The van der Waals surface area contributed by atoms with Crippen LogP contribution < -0.4 is 0 Å². The number of hydrogen-bond acceptors (Lipinski definition) is 2. The number of hydrogen-bond donors (Lipinski definition) is 0. The van der Waals surface area contributed by atoms with E-state index in [0.29, 0.717) is 5.56 Å². The molecule has 21 heavy (non-hydrogen) atoms. The molecule has 0 bridgehead atoms. The van der Waals surface area contributed by atoms with Gasteiger partial charge >= 0.3 is 6.18 Å². The Kier molecular flexibility index (Phi) is 4.45. The molecule has 0 aliphatic carbocycles. The van der Waals surface area contributed by atoms with E-state index in [1.54, 1.807) is 12.1 Å². The summed E-state index contributed by atoms with van der Waals surface area (Å²) in [5.41, 5.74) is 0.611. The fourth-order valence-electron chi connectivity index (χ4n) is 1.99. The molecular weight excluding hydrogens is 281 g/mol. The van der Waals surface area contributed by atoms with Gasteiger partial charge in [-0.3, -0.25) is 9.48 Å². The second-order valence-electron chi connectivity index (χ2n) is 4.77. The third kappa shape index (κ3) is 3.93. The van der Waals surface area contributed by atoms with Gasteiger partial charge in [0.1, 0.15) is 6.54 Å². The predicted octanol–water partition coefficient (Wildman–Crippen LogP) is 3.74. The first-order chi connectivity index (χ1) is 9.90. The Balaban J connectivity index is 2.05. The highest BCUT2D eigenvalue weighted by atomic mass is 19.4. The lowest BCUT2D eigenvalue weighted by molar-refractivity contribution is -0.141. The minimum atomic E-state index is -4.49. The zero-order valence-electron chi connectivity index (χ0n) is 11.5. The summed E-state index contributed by atoms with van der Waals surface area (Å²) in [5, 5.41) is 3.36. The van der Waals surface area contributed by atoms with E-state index in [-0.39, 0.29) is 12.3 Å². The van der Waals surface area contributed by atoms with Crippen LogP contribution in [0.1, 0.15) is 35.0 Å². The molecule has 0 saturated heterocycles. The van der Waals surface area contributed by atoms with Gasteiger partial charge in [0.05, 0.1) is 0 Å². The number of Topliss-reactive ketones (excluding diaryl/α,β-unsaturated/α-hetero) is 1. The molecule has 0 spiro atoms. The number of carbonyl (C=O) groups is 1. The van der Waals surface area contributed by atoms with E-state index in [1.807, 2.05) is 12.1 Å². The normalized spacial score (nSPS) is 11.6.